The fraction of sp³-hybridized carbons (Fsp3) is 0.286. The molecule has 1 aromatic heterocycles. The van der Waals surface area contributed by atoms with E-state index in [9.17, 15) is 4.79 Å². The summed E-state index contributed by atoms with van der Waals surface area (Å²) in [6.07, 6.45) is 0.714. The third-order valence-electron chi connectivity index (χ3n) is 3.30. The molecular weight excluding hydrogens is 240 g/mol. The summed E-state index contributed by atoms with van der Waals surface area (Å²) in [5, 5.41) is 13.2. The lowest BCUT2D eigenvalue weighted by Crippen LogP contribution is -2.44. The molecule has 0 saturated carbocycles. The molecule has 0 aliphatic carbocycles. The van der Waals surface area contributed by atoms with Crippen LogP contribution in [0.4, 0.5) is 5.69 Å². The Bertz CT molecular complexity index is 605. The number of rotatable bonds is 3. The maximum Gasteiger partial charge on any atom is 0.241 e. The summed E-state index contributed by atoms with van der Waals surface area (Å²) in [7, 11) is 0. The molecule has 1 aliphatic rings. The zero-order valence-corrected chi connectivity index (χ0v) is 10.7. The molecule has 0 spiro atoms. The molecule has 2 heterocycles. The minimum absolute atomic E-state index is 0.0194. The summed E-state index contributed by atoms with van der Waals surface area (Å²) in [6.45, 7) is 2.55. The van der Waals surface area contributed by atoms with Crippen LogP contribution in [0, 0.1) is 6.92 Å². The molecule has 3 N–H and O–H groups in total. The van der Waals surface area contributed by atoms with Gasteiger partial charge in [0.2, 0.25) is 5.91 Å². The monoisotopic (exact) mass is 256 g/mol. The number of hydrogen-bond acceptors (Lipinski definition) is 3. The van der Waals surface area contributed by atoms with E-state index in [0.717, 1.165) is 22.6 Å². The Morgan fingerprint density at radius 1 is 1.42 bits per heavy atom. The van der Waals surface area contributed by atoms with Crippen molar-refractivity contribution < 1.29 is 4.79 Å². The minimum atomic E-state index is -0.202. The van der Waals surface area contributed by atoms with Crippen LogP contribution in [0.25, 0.3) is 0 Å². The Balaban J connectivity index is 1.68. The Morgan fingerprint density at radius 3 is 3.05 bits per heavy atom. The van der Waals surface area contributed by atoms with Gasteiger partial charge in [-0.3, -0.25) is 15.2 Å². The molecule has 1 atom stereocenters. The molecule has 0 radical (unpaired) electrons. The van der Waals surface area contributed by atoms with Crippen molar-refractivity contribution in [1.29, 1.82) is 0 Å². The third-order valence-corrected chi connectivity index (χ3v) is 3.30. The number of aryl methyl sites for hydroxylation is 1. The molecule has 1 unspecified atom stereocenters. The van der Waals surface area contributed by atoms with Gasteiger partial charge in [0.25, 0.3) is 0 Å². The highest BCUT2D eigenvalue weighted by Crippen LogP contribution is 2.21. The molecule has 3 rings (SSSR count). The molecule has 2 aromatic rings. The van der Waals surface area contributed by atoms with E-state index in [0.29, 0.717) is 13.0 Å². The maximum absolute atomic E-state index is 12.0. The molecule has 5 heteroatoms. The fourth-order valence-corrected chi connectivity index (χ4v) is 2.31. The second kappa shape index (κ2) is 4.85. The number of benzene rings is 1. The summed E-state index contributed by atoms with van der Waals surface area (Å²) in [4.78, 5) is 12.0. The molecule has 5 nitrogen and oxygen atoms in total. The lowest BCUT2D eigenvalue weighted by Gasteiger charge is -2.25. The zero-order valence-electron chi connectivity index (χ0n) is 10.7. The molecule has 1 amide bonds. The van der Waals surface area contributed by atoms with Crippen molar-refractivity contribution in [1.82, 2.24) is 15.5 Å². The minimum Gasteiger partial charge on any atom is -0.324 e. The Kier molecular flexibility index (Phi) is 3.05. The first-order valence-electron chi connectivity index (χ1n) is 6.35. The topological polar surface area (TPSA) is 69.8 Å². The number of fused-ring (bicyclic) bond motifs is 1. The van der Waals surface area contributed by atoms with Crippen LogP contribution in [0.5, 0.6) is 0 Å². The van der Waals surface area contributed by atoms with Crippen molar-refractivity contribution in [2.24, 2.45) is 0 Å². The van der Waals surface area contributed by atoms with Gasteiger partial charge in [-0.25, -0.2) is 0 Å². The second-order valence-electron chi connectivity index (χ2n) is 4.83. The number of carbonyl (C=O) groups excluding carboxylic acids is 1. The van der Waals surface area contributed by atoms with Crippen LogP contribution >= 0.6 is 0 Å². The van der Waals surface area contributed by atoms with Crippen molar-refractivity contribution in [2.75, 3.05) is 5.32 Å². The summed E-state index contributed by atoms with van der Waals surface area (Å²) in [6, 6.07) is 9.67. The molecule has 0 fully saturated rings. The van der Waals surface area contributed by atoms with Crippen LogP contribution in [0.3, 0.4) is 0 Å². The number of amides is 1. The Morgan fingerprint density at radius 2 is 2.26 bits per heavy atom. The highest BCUT2D eigenvalue weighted by molar-refractivity contribution is 5.97. The van der Waals surface area contributed by atoms with E-state index in [-0.39, 0.29) is 11.9 Å². The van der Waals surface area contributed by atoms with Crippen molar-refractivity contribution in [3.8, 4) is 0 Å². The Labute approximate surface area is 111 Å². The maximum atomic E-state index is 12.0. The van der Waals surface area contributed by atoms with E-state index in [1.165, 1.54) is 0 Å². The number of para-hydroxylation sites is 1. The SMILES string of the molecule is Cc1cc(CNC2Cc3ccccc3NC2=O)n[nH]1. The lowest BCUT2D eigenvalue weighted by atomic mass is 9.99. The quantitative estimate of drug-likeness (QED) is 0.777. The summed E-state index contributed by atoms with van der Waals surface area (Å²) in [5.74, 6) is 0.0194. The van der Waals surface area contributed by atoms with Crippen LogP contribution in [0.2, 0.25) is 0 Å². The smallest absolute Gasteiger partial charge is 0.241 e. The van der Waals surface area contributed by atoms with Gasteiger partial charge in [0.05, 0.1) is 11.7 Å². The summed E-state index contributed by atoms with van der Waals surface area (Å²) < 4.78 is 0. The van der Waals surface area contributed by atoms with Crippen molar-refractivity contribution in [2.45, 2.75) is 25.9 Å². The van der Waals surface area contributed by atoms with Gasteiger partial charge in [-0.1, -0.05) is 18.2 Å². The van der Waals surface area contributed by atoms with Crippen molar-refractivity contribution >= 4 is 11.6 Å². The predicted octanol–water partition coefficient (Wildman–Crippen LogP) is 1.37. The van der Waals surface area contributed by atoms with Crippen LogP contribution in [0.15, 0.2) is 30.3 Å². The molecule has 0 saturated heterocycles. The predicted molar refractivity (Wildman–Crippen MR) is 72.7 cm³/mol. The molecule has 0 bridgehead atoms. The number of aromatic nitrogens is 2. The lowest BCUT2D eigenvalue weighted by molar-refractivity contribution is -0.118. The number of H-pyrrole nitrogens is 1. The first-order valence-corrected chi connectivity index (χ1v) is 6.35. The Hall–Kier alpha value is -2.14. The zero-order chi connectivity index (χ0) is 13.2. The average Bonchev–Trinajstić information content (AvgIpc) is 2.82. The largest absolute Gasteiger partial charge is 0.324 e. The summed E-state index contributed by atoms with van der Waals surface area (Å²) in [5.41, 5.74) is 4.03. The number of nitrogens with zero attached hydrogens (tertiary/aromatic N) is 1. The number of anilines is 1. The molecule has 19 heavy (non-hydrogen) atoms. The number of nitrogens with one attached hydrogen (secondary N) is 3. The van der Waals surface area contributed by atoms with Crippen LogP contribution < -0.4 is 10.6 Å². The van der Waals surface area contributed by atoms with Gasteiger partial charge in [-0.2, -0.15) is 5.10 Å². The molecule has 1 aliphatic heterocycles. The van der Waals surface area contributed by atoms with Gasteiger partial charge in [0.15, 0.2) is 0 Å². The second-order valence-corrected chi connectivity index (χ2v) is 4.83. The van der Waals surface area contributed by atoms with Crippen LogP contribution in [0.1, 0.15) is 17.0 Å². The van der Waals surface area contributed by atoms with E-state index >= 15 is 0 Å². The summed E-state index contributed by atoms with van der Waals surface area (Å²) >= 11 is 0. The first kappa shape index (κ1) is 11.9. The number of carbonyl (C=O) groups is 1. The van der Waals surface area contributed by atoms with E-state index in [2.05, 4.69) is 20.8 Å². The van der Waals surface area contributed by atoms with E-state index < -0.39 is 0 Å². The molecule has 98 valence electrons. The van der Waals surface area contributed by atoms with Crippen LogP contribution in [-0.2, 0) is 17.8 Å². The van der Waals surface area contributed by atoms with Gasteiger partial charge >= 0.3 is 0 Å². The fourth-order valence-electron chi connectivity index (χ4n) is 2.31. The standard InChI is InChI=1S/C14H16N4O/c1-9-6-11(18-17-9)8-15-13-7-10-4-2-3-5-12(10)16-14(13)19/h2-6,13,15H,7-8H2,1H3,(H,16,19)(H,17,18). The highest BCUT2D eigenvalue weighted by Gasteiger charge is 2.25. The normalized spacial score (nSPS) is 17.9. The van der Waals surface area contributed by atoms with E-state index in [1.807, 2.05) is 37.3 Å². The first-order chi connectivity index (χ1) is 9.22. The van der Waals surface area contributed by atoms with Crippen molar-refractivity contribution in [3.63, 3.8) is 0 Å². The van der Waals surface area contributed by atoms with Gasteiger partial charge in [-0.15, -0.1) is 0 Å². The molecular formula is C14H16N4O. The van der Waals surface area contributed by atoms with Gasteiger partial charge in [0.1, 0.15) is 0 Å². The van der Waals surface area contributed by atoms with E-state index in [4.69, 9.17) is 0 Å². The van der Waals surface area contributed by atoms with E-state index in [1.54, 1.807) is 0 Å². The number of aromatic amines is 1. The molecule has 1 aromatic carbocycles. The van der Waals surface area contributed by atoms with Gasteiger partial charge in [0, 0.05) is 17.9 Å². The van der Waals surface area contributed by atoms with Gasteiger partial charge < -0.3 is 5.32 Å². The van der Waals surface area contributed by atoms with Gasteiger partial charge in [-0.05, 0) is 31.0 Å². The van der Waals surface area contributed by atoms with Crippen LogP contribution in [-0.4, -0.2) is 22.1 Å². The highest BCUT2D eigenvalue weighted by atomic mass is 16.2. The van der Waals surface area contributed by atoms with Crippen molar-refractivity contribution in [3.05, 3.63) is 47.3 Å². The number of hydrogen-bond donors (Lipinski definition) is 3. The third kappa shape index (κ3) is 2.51. The average molecular weight is 256 g/mol.